The van der Waals surface area contributed by atoms with Crippen LogP contribution in [0.1, 0.15) is 0 Å². The van der Waals surface area contributed by atoms with Crippen LogP contribution in [0.2, 0.25) is 0 Å². The van der Waals surface area contributed by atoms with E-state index in [1.54, 1.807) is 6.07 Å². The van der Waals surface area contributed by atoms with Crippen LogP contribution in [-0.2, 0) is 0 Å². The maximum absolute atomic E-state index is 7.97. The minimum absolute atomic E-state index is 0.174. The summed E-state index contributed by atoms with van der Waals surface area (Å²) in [7, 11) is 0. The van der Waals surface area contributed by atoms with E-state index < -0.39 is 0 Å². The number of rotatable bonds is 1. The Hall–Kier alpha value is -1.68. The third kappa shape index (κ3) is 1.68. The third-order valence-electron chi connectivity index (χ3n) is 0.436. The van der Waals surface area contributed by atoms with Gasteiger partial charge in [-0.15, -0.1) is 5.11 Å². The molecule has 0 aliphatic carbocycles. The van der Waals surface area contributed by atoms with Crippen LogP contribution in [0.25, 0.3) is 0 Å². The Balaban J connectivity index is 4.20. The van der Waals surface area contributed by atoms with Crippen molar-refractivity contribution >= 4 is 0 Å². The molecule has 0 aromatic heterocycles. The zero-order valence-corrected chi connectivity index (χ0v) is 3.92. The van der Waals surface area contributed by atoms with Crippen molar-refractivity contribution in [2.45, 2.75) is 0 Å². The molecule has 0 aliphatic heterocycles. The zero-order chi connectivity index (χ0) is 6.41. The van der Waals surface area contributed by atoms with E-state index in [-0.39, 0.29) is 5.70 Å². The molecule has 4 heteroatoms. The van der Waals surface area contributed by atoms with Crippen molar-refractivity contribution in [2.75, 3.05) is 0 Å². The van der Waals surface area contributed by atoms with Gasteiger partial charge in [0.2, 0.25) is 0 Å². The highest BCUT2D eigenvalue weighted by atomic mass is 15.0. The molecule has 0 fully saturated rings. The van der Waals surface area contributed by atoms with Gasteiger partial charge in [0.05, 0.1) is 12.1 Å². The molecule has 0 spiro atoms. The number of hydrogen-bond donors (Lipinski definition) is 1. The van der Waals surface area contributed by atoms with Gasteiger partial charge in [0.1, 0.15) is 6.07 Å². The number of nitrogens with zero attached hydrogens (tertiary/aromatic N) is 3. The molecule has 0 rings (SSSR count). The van der Waals surface area contributed by atoms with Gasteiger partial charge < -0.3 is 0 Å². The van der Waals surface area contributed by atoms with E-state index in [0.29, 0.717) is 0 Å². The molecule has 0 bridgehead atoms. The van der Waals surface area contributed by atoms with Crippen LogP contribution < -0.4 is 0 Å². The normalized spacial score (nSPS) is 9.00. The molecule has 0 aromatic carbocycles. The lowest BCUT2D eigenvalue weighted by molar-refractivity contribution is 1.09. The average Bonchev–Trinajstić information content (AvgIpc) is 1.83. The van der Waals surface area contributed by atoms with Gasteiger partial charge in [0.15, 0.2) is 5.70 Å². The van der Waals surface area contributed by atoms with Crippen molar-refractivity contribution < 1.29 is 0 Å². The van der Waals surface area contributed by atoms with Crippen LogP contribution in [-0.4, -0.2) is 0 Å². The molecule has 0 radical (unpaired) electrons. The standard InChI is InChI=1S/C4H2N4/c5-2-1-4(3-6)8-7/h1,7H. The molecule has 0 saturated heterocycles. The molecule has 0 aliphatic rings. The van der Waals surface area contributed by atoms with Crippen molar-refractivity contribution in [3.63, 3.8) is 0 Å². The molecule has 0 heterocycles. The maximum Gasteiger partial charge on any atom is 0.172 e. The predicted molar refractivity (Wildman–Crippen MR) is 24.5 cm³/mol. The summed E-state index contributed by atoms with van der Waals surface area (Å²) in [5.74, 6) is 0. The Morgan fingerprint density at radius 1 is 1.62 bits per heavy atom. The first-order valence-corrected chi connectivity index (χ1v) is 1.72. The lowest BCUT2D eigenvalue weighted by atomic mass is 10.5. The summed E-state index contributed by atoms with van der Waals surface area (Å²) in [6.07, 6.45) is 0.910. The highest BCUT2D eigenvalue weighted by Gasteiger charge is 1.84. The summed E-state index contributed by atoms with van der Waals surface area (Å²) in [6.45, 7) is 0. The van der Waals surface area contributed by atoms with Crippen LogP contribution in [0.3, 0.4) is 0 Å². The molecular weight excluding hydrogens is 104 g/mol. The van der Waals surface area contributed by atoms with E-state index >= 15 is 0 Å². The van der Waals surface area contributed by atoms with Gasteiger partial charge in [-0.2, -0.15) is 10.5 Å². The molecule has 0 atom stereocenters. The van der Waals surface area contributed by atoms with Crippen LogP contribution in [0.4, 0.5) is 0 Å². The minimum Gasteiger partial charge on any atom is -0.204 e. The first-order valence-electron chi connectivity index (χ1n) is 1.72. The van der Waals surface area contributed by atoms with Gasteiger partial charge in [-0.3, -0.25) is 0 Å². The molecule has 0 amide bonds. The predicted octanol–water partition coefficient (Wildman–Crippen LogP) is 0.948. The molecule has 0 aromatic rings. The van der Waals surface area contributed by atoms with E-state index in [4.69, 9.17) is 16.1 Å². The molecular formula is C4H2N4. The molecule has 4 nitrogen and oxygen atoms in total. The maximum atomic E-state index is 7.97. The van der Waals surface area contributed by atoms with Crippen molar-refractivity contribution in [2.24, 2.45) is 5.11 Å². The smallest absolute Gasteiger partial charge is 0.172 e. The fraction of sp³-hybridized carbons (Fsp3) is 0. The highest BCUT2D eigenvalue weighted by molar-refractivity contribution is 5.24. The van der Waals surface area contributed by atoms with Crippen molar-refractivity contribution in [1.29, 1.82) is 16.1 Å². The summed E-state index contributed by atoms with van der Waals surface area (Å²) in [4.78, 5) is 0. The second kappa shape index (κ2) is 3.51. The van der Waals surface area contributed by atoms with E-state index in [9.17, 15) is 0 Å². The van der Waals surface area contributed by atoms with Crippen LogP contribution >= 0.6 is 0 Å². The van der Waals surface area contributed by atoms with Crippen molar-refractivity contribution in [3.05, 3.63) is 11.8 Å². The van der Waals surface area contributed by atoms with Crippen LogP contribution in [0.5, 0.6) is 0 Å². The van der Waals surface area contributed by atoms with Crippen molar-refractivity contribution in [3.8, 4) is 12.1 Å². The average molecular weight is 106 g/mol. The Kier molecular flexibility index (Phi) is 2.77. The summed E-state index contributed by atoms with van der Waals surface area (Å²) in [6, 6.07) is 3.11. The van der Waals surface area contributed by atoms with Crippen LogP contribution in [0, 0.1) is 28.2 Å². The summed E-state index contributed by atoms with van der Waals surface area (Å²) >= 11 is 0. The molecule has 8 heavy (non-hydrogen) atoms. The van der Waals surface area contributed by atoms with Gasteiger partial charge in [0.25, 0.3) is 0 Å². The van der Waals surface area contributed by atoms with Crippen molar-refractivity contribution in [1.82, 2.24) is 0 Å². The van der Waals surface area contributed by atoms with Gasteiger partial charge in [0, 0.05) is 0 Å². The van der Waals surface area contributed by atoms with Crippen LogP contribution in [0.15, 0.2) is 16.9 Å². The highest BCUT2D eigenvalue weighted by Crippen LogP contribution is 1.89. The number of nitrogens with one attached hydrogen (secondary N) is 1. The summed E-state index contributed by atoms with van der Waals surface area (Å²) in [5.41, 5.74) is 6.07. The number of nitriles is 2. The second-order valence-corrected chi connectivity index (χ2v) is 0.882. The summed E-state index contributed by atoms with van der Waals surface area (Å²) in [5, 5.41) is 18.6. The number of allylic oxidation sites excluding steroid dienone is 2. The fourth-order valence-corrected chi connectivity index (χ4v) is 0.151. The lowest BCUT2D eigenvalue weighted by Gasteiger charge is -1.71. The number of hydrogen-bond acceptors (Lipinski definition) is 4. The molecule has 1 N–H and O–H groups in total. The SMILES string of the molecule is N#CC=C(C#N)N=N. The second-order valence-electron chi connectivity index (χ2n) is 0.882. The zero-order valence-electron chi connectivity index (χ0n) is 3.92. The largest absolute Gasteiger partial charge is 0.204 e. The van der Waals surface area contributed by atoms with E-state index in [1.807, 2.05) is 0 Å². The van der Waals surface area contributed by atoms with Gasteiger partial charge in [-0.05, 0) is 0 Å². The van der Waals surface area contributed by atoms with Gasteiger partial charge in [-0.1, -0.05) is 0 Å². The van der Waals surface area contributed by atoms with Gasteiger partial charge >= 0.3 is 0 Å². The first-order chi connectivity index (χ1) is 3.85. The Bertz CT molecular complexity index is 189. The molecule has 0 unspecified atom stereocenters. The van der Waals surface area contributed by atoms with E-state index in [1.165, 1.54) is 6.07 Å². The Morgan fingerprint density at radius 2 is 2.25 bits per heavy atom. The first kappa shape index (κ1) is 6.32. The Morgan fingerprint density at radius 3 is 2.38 bits per heavy atom. The van der Waals surface area contributed by atoms with E-state index in [2.05, 4.69) is 5.11 Å². The topological polar surface area (TPSA) is 83.8 Å². The minimum atomic E-state index is -0.174. The summed E-state index contributed by atoms with van der Waals surface area (Å²) < 4.78 is 0. The monoisotopic (exact) mass is 106 g/mol. The Labute approximate surface area is 46.2 Å². The molecule has 38 valence electrons. The quantitative estimate of drug-likeness (QED) is 0.398. The molecule has 0 saturated carbocycles. The fourth-order valence-electron chi connectivity index (χ4n) is 0.151. The lowest BCUT2D eigenvalue weighted by Crippen LogP contribution is -1.64. The van der Waals surface area contributed by atoms with Gasteiger partial charge in [-0.25, -0.2) is 5.53 Å². The van der Waals surface area contributed by atoms with E-state index in [0.717, 1.165) is 6.08 Å². The third-order valence-corrected chi connectivity index (χ3v) is 0.436.